The van der Waals surface area contributed by atoms with Crippen LogP contribution in [0.2, 0.25) is 5.02 Å². The van der Waals surface area contributed by atoms with E-state index in [1.165, 1.54) is 13.0 Å². The Labute approximate surface area is 172 Å². The molecular formula is C18H14ClF3N4O4. The topological polar surface area (TPSA) is 114 Å². The van der Waals surface area contributed by atoms with E-state index in [-0.39, 0.29) is 34.1 Å². The van der Waals surface area contributed by atoms with Crippen LogP contribution < -0.4 is 10.7 Å². The molecule has 0 saturated heterocycles. The Morgan fingerprint density at radius 2 is 1.90 bits per heavy atom. The van der Waals surface area contributed by atoms with E-state index in [0.717, 1.165) is 36.4 Å². The largest absolute Gasteiger partial charge is 0.416 e. The number of carbonyl (C=O) groups excluding carboxylic acids is 2. The fourth-order valence-corrected chi connectivity index (χ4v) is 2.52. The molecule has 0 saturated carbocycles. The molecule has 0 bridgehead atoms. The lowest BCUT2D eigenvalue weighted by Crippen LogP contribution is -2.22. The number of hydrazone groups is 1. The van der Waals surface area contributed by atoms with Gasteiger partial charge in [-0.15, -0.1) is 0 Å². The lowest BCUT2D eigenvalue weighted by molar-refractivity contribution is -0.384. The Morgan fingerprint density at radius 1 is 1.20 bits per heavy atom. The average molecular weight is 443 g/mol. The van der Waals surface area contributed by atoms with Crippen molar-refractivity contribution in [2.75, 3.05) is 5.32 Å². The minimum atomic E-state index is -4.54. The Hall–Kier alpha value is -3.47. The summed E-state index contributed by atoms with van der Waals surface area (Å²) in [6.45, 7) is 1.42. The highest BCUT2D eigenvalue weighted by molar-refractivity contribution is 6.34. The van der Waals surface area contributed by atoms with Gasteiger partial charge in [0.25, 0.3) is 11.6 Å². The molecule has 0 heterocycles. The van der Waals surface area contributed by atoms with Crippen LogP contribution in [0.25, 0.3) is 0 Å². The van der Waals surface area contributed by atoms with Gasteiger partial charge in [0, 0.05) is 23.5 Å². The number of alkyl halides is 3. The highest BCUT2D eigenvalue weighted by Crippen LogP contribution is 2.30. The summed E-state index contributed by atoms with van der Waals surface area (Å²) < 4.78 is 38.1. The maximum atomic E-state index is 12.7. The first-order chi connectivity index (χ1) is 14.0. The summed E-state index contributed by atoms with van der Waals surface area (Å²) in [4.78, 5) is 34.1. The van der Waals surface area contributed by atoms with Crippen LogP contribution in [-0.2, 0) is 11.0 Å². The zero-order valence-electron chi connectivity index (χ0n) is 15.3. The maximum Gasteiger partial charge on any atom is 0.416 e. The molecule has 8 nitrogen and oxygen atoms in total. The summed E-state index contributed by atoms with van der Waals surface area (Å²) in [6.07, 6.45) is -4.84. The summed E-state index contributed by atoms with van der Waals surface area (Å²) in [5.74, 6) is -1.40. The lowest BCUT2D eigenvalue weighted by Gasteiger charge is -2.10. The molecule has 0 spiro atoms. The van der Waals surface area contributed by atoms with E-state index in [4.69, 9.17) is 11.6 Å². The second kappa shape index (κ2) is 9.35. The van der Waals surface area contributed by atoms with Gasteiger partial charge in [-0.25, -0.2) is 5.43 Å². The molecule has 0 aromatic heterocycles. The van der Waals surface area contributed by atoms with Crippen molar-refractivity contribution < 1.29 is 27.7 Å². The third kappa shape index (κ3) is 6.27. The van der Waals surface area contributed by atoms with Gasteiger partial charge in [-0.2, -0.15) is 18.3 Å². The predicted octanol–water partition coefficient (Wildman–Crippen LogP) is 4.40. The molecule has 0 aliphatic rings. The van der Waals surface area contributed by atoms with E-state index in [1.807, 2.05) is 0 Å². The molecule has 2 N–H and O–H groups in total. The zero-order chi connectivity index (χ0) is 22.5. The van der Waals surface area contributed by atoms with Crippen molar-refractivity contribution in [3.63, 3.8) is 0 Å². The molecule has 0 unspecified atom stereocenters. The number of rotatable bonds is 6. The number of nitro benzene ring substituents is 1. The van der Waals surface area contributed by atoms with E-state index in [1.54, 1.807) is 0 Å². The summed E-state index contributed by atoms with van der Waals surface area (Å²) >= 11 is 5.85. The van der Waals surface area contributed by atoms with Crippen LogP contribution in [0.1, 0.15) is 29.3 Å². The number of nitrogens with zero attached hydrogens (tertiary/aromatic N) is 2. The second-order valence-corrected chi connectivity index (χ2v) is 6.42. The number of hydrogen-bond donors (Lipinski definition) is 2. The van der Waals surface area contributed by atoms with Gasteiger partial charge in [-0.1, -0.05) is 17.7 Å². The minimum absolute atomic E-state index is 0.0377. The van der Waals surface area contributed by atoms with E-state index >= 15 is 0 Å². The van der Waals surface area contributed by atoms with E-state index < -0.39 is 28.5 Å². The molecular weight excluding hydrogens is 429 g/mol. The number of non-ortho nitro benzene ring substituents is 1. The third-order valence-electron chi connectivity index (χ3n) is 3.65. The van der Waals surface area contributed by atoms with Crippen molar-refractivity contribution in [2.45, 2.75) is 19.5 Å². The van der Waals surface area contributed by atoms with Crippen molar-refractivity contribution >= 4 is 40.5 Å². The first kappa shape index (κ1) is 22.8. The maximum absolute atomic E-state index is 12.7. The fourth-order valence-electron chi connectivity index (χ4n) is 2.26. The van der Waals surface area contributed by atoms with Gasteiger partial charge in [0.05, 0.1) is 27.5 Å². The Morgan fingerprint density at radius 3 is 2.50 bits per heavy atom. The Kier molecular flexibility index (Phi) is 7.11. The van der Waals surface area contributed by atoms with Gasteiger partial charge in [-0.3, -0.25) is 19.7 Å². The van der Waals surface area contributed by atoms with Crippen LogP contribution >= 0.6 is 11.6 Å². The van der Waals surface area contributed by atoms with Crippen LogP contribution in [-0.4, -0.2) is 22.4 Å². The molecule has 0 radical (unpaired) electrons. The van der Waals surface area contributed by atoms with Crippen molar-refractivity contribution in [1.29, 1.82) is 0 Å². The molecule has 12 heteroatoms. The van der Waals surface area contributed by atoms with E-state index in [2.05, 4.69) is 15.8 Å². The summed E-state index contributed by atoms with van der Waals surface area (Å²) in [7, 11) is 0. The normalized spacial score (nSPS) is 11.7. The highest BCUT2D eigenvalue weighted by Gasteiger charge is 2.30. The van der Waals surface area contributed by atoms with Crippen LogP contribution in [0.5, 0.6) is 0 Å². The monoisotopic (exact) mass is 442 g/mol. The lowest BCUT2D eigenvalue weighted by atomic mass is 10.2. The van der Waals surface area contributed by atoms with Gasteiger partial charge < -0.3 is 5.32 Å². The van der Waals surface area contributed by atoms with Crippen LogP contribution in [0, 0.1) is 10.1 Å². The number of nitrogens with one attached hydrogen (secondary N) is 2. The number of hydrogen-bond acceptors (Lipinski definition) is 5. The molecule has 0 atom stereocenters. The van der Waals surface area contributed by atoms with E-state index in [0.29, 0.717) is 0 Å². The minimum Gasteiger partial charge on any atom is -0.326 e. The van der Waals surface area contributed by atoms with Gasteiger partial charge >= 0.3 is 6.18 Å². The molecule has 2 aromatic carbocycles. The zero-order valence-corrected chi connectivity index (χ0v) is 16.0. The molecule has 2 rings (SSSR count). The molecule has 2 amide bonds. The van der Waals surface area contributed by atoms with Crippen molar-refractivity contribution in [3.05, 3.63) is 68.7 Å². The van der Waals surface area contributed by atoms with Gasteiger partial charge in [0.15, 0.2) is 0 Å². The van der Waals surface area contributed by atoms with Crippen molar-refractivity contribution in [1.82, 2.24) is 5.43 Å². The quantitative estimate of drug-likeness (QED) is 0.392. The smallest absolute Gasteiger partial charge is 0.326 e. The number of amides is 2. The molecule has 158 valence electrons. The van der Waals surface area contributed by atoms with Crippen LogP contribution in [0.3, 0.4) is 0 Å². The number of carbonyl (C=O) groups is 2. The Balaban J connectivity index is 1.97. The number of halogens is 4. The third-order valence-corrected chi connectivity index (χ3v) is 3.96. The van der Waals surface area contributed by atoms with Gasteiger partial charge in [0.1, 0.15) is 0 Å². The molecule has 30 heavy (non-hydrogen) atoms. The van der Waals surface area contributed by atoms with Gasteiger partial charge in [-0.05, 0) is 31.2 Å². The molecule has 0 aliphatic heterocycles. The van der Waals surface area contributed by atoms with E-state index in [9.17, 15) is 32.9 Å². The fraction of sp³-hybridized carbons (Fsp3) is 0.167. The van der Waals surface area contributed by atoms with Crippen molar-refractivity contribution in [2.24, 2.45) is 5.10 Å². The summed E-state index contributed by atoms with van der Waals surface area (Å²) in [5.41, 5.74) is 1.02. The van der Waals surface area contributed by atoms with Gasteiger partial charge in [0.2, 0.25) is 5.91 Å². The van der Waals surface area contributed by atoms with Crippen molar-refractivity contribution in [3.8, 4) is 0 Å². The first-order valence-electron chi connectivity index (χ1n) is 8.22. The number of benzene rings is 2. The number of nitro groups is 1. The molecule has 2 aromatic rings. The standard InChI is InChI=1S/C18H14ClF3N4O4/c1-10(7-16(27)23-12-4-2-3-11(8-12)18(20,21)22)24-25-17(28)14-6-5-13(26(29)30)9-15(14)19/h2-6,8-9H,7H2,1H3,(H,23,27)(H,25,28)/b24-10-. The molecule has 0 aliphatic carbocycles. The summed E-state index contributed by atoms with van der Waals surface area (Å²) in [6, 6.07) is 7.39. The highest BCUT2D eigenvalue weighted by atomic mass is 35.5. The van der Waals surface area contributed by atoms with Crippen LogP contribution in [0.4, 0.5) is 24.5 Å². The average Bonchev–Trinajstić information content (AvgIpc) is 2.65. The molecule has 0 fully saturated rings. The Bertz CT molecular complexity index is 1020. The first-order valence-corrected chi connectivity index (χ1v) is 8.59. The predicted molar refractivity (Wildman–Crippen MR) is 103 cm³/mol. The number of anilines is 1. The SMILES string of the molecule is C/C(CC(=O)Nc1cccc(C(F)(F)F)c1)=N/NC(=O)c1ccc([N+](=O)[O-])cc1Cl. The van der Waals surface area contributed by atoms with Crippen LogP contribution in [0.15, 0.2) is 47.6 Å². The second-order valence-electron chi connectivity index (χ2n) is 6.01. The summed E-state index contributed by atoms with van der Waals surface area (Å²) in [5, 5.41) is 16.6.